The second kappa shape index (κ2) is 4.19. The Morgan fingerprint density at radius 1 is 1.41 bits per heavy atom. The molecule has 0 amide bonds. The molecule has 7 heteroatoms. The standard InChI is InChI=1S/C10H10ClN5S/c11-6-1-4-9(8(12)5-6)17-10-13-14-15-16(10)7-2-3-7/h1,4-5,7H,2-3,12H2. The average molecular weight is 268 g/mol. The summed E-state index contributed by atoms with van der Waals surface area (Å²) in [7, 11) is 0. The number of tetrazole rings is 1. The van der Waals surface area contributed by atoms with Gasteiger partial charge in [0.1, 0.15) is 0 Å². The van der Waals surface area contributed by atoms with E-state index in [0.717, 1.165) is 22.9 Å². The van der Waals surface area contributed by atoms with Crippen molar-refractivity contribution in [1.29, 1.82) is 0 Å². The molecule has 0 radical (unpaired) electrons. The first-order valence-electron chi connectivity index (χ1n) is 5.25. The third-order valence-corrected chi connectivity index (χ3v) is 3.81. The van der Waals surface area contributed by atoms with E-state index in [-0.39, 0.29) is 0 Å². The smallest absolute Gasteiger partial charge is 0.214 e. The molecule has 0 atom stereocenters. The average Bonchev–Trinajstić information content (AvgIpc) is 3.03. The Balaban J connectivity index is 1.88. The maximum atomic E-state index is 5.90. The largest absolute Gasteiger partial charge is 0.398 e. The summed E-state index contributed by atoms with van der Waals surface area (Å²) in [5, 5.41) is 13.1. The summed E-state index contributed by atoms with van der Waals surface area (Å²) in [5.74, 6) is 0. The highest BCUT2D eigenvalue weighted by Crippen LogP contribution is 2.39. The molecule has 0 bridgehead atoms. The van der Waals surface area contributed by atoms with E-state index in [4.69, 9.17) is 17.3 Å². The Morgan fingerprint density at radius 2 is 2.24 bits per heavy atom. The Bertz CT molecular complexity index is 551. The molecule has 0 aliphatic heterocycles. The van der Waals surface area contributed by atoms with Gasteiger partial charge in [-0.25, -0.2) is 4.68 Å². The number of nitrogen functional groups attached to an aromatic ring is 1. The van der Waals surface area contributed by atoms with E-state index in [1.807, 2.05) is 16.8 Å². The topological polar surface area (TPSA) is 69.6 Å². The molecular weight excluding hydrogens is 258 g/mol. The molecule has 17 heavy (non-hydrogen) atoms. The quantitative estimate of drug-likeness (QED) is 0.865. The fraction of sp³-hybridized carbons (Fsp3) is 0.300. The van der Waals surface area contributed by atoms with Crippen LogP contribution in [0.15, 0.2) is 28.3 Å². The number of nitrogens with zero attached hydrogens (tertiary/aromatic N) is 4. The predicted octanol–water partition coefficient (Wildman–Crippen LogP) is 2.39. The zero-order valence-corrected chi connectivity index (χ0v) is 10.4. The van der Waals surface area contributed by atoms with E-state index in [1.54, 1.807) is 6.07 Å². The van der Waals surface area contributed by atoms with E-state index >= 15 is 0 Å². The first-order chi connectivity index (χ1) is 8.24. The van der Waals surface area contributed by atoms with Gasteiger partial charge in [-0.2, -0.15) is 0 Å². The number of anilines is 1. The van der Waals surface area contributed by atoms with Crippen LogP contribution in [0.5, 0.6) is 0 Å². The summed E-state index contributed by atoms with van der Waals surface area (Å²) in [6, 6.07) is 5.88. The summed E-state index contributed by atoms with van der Waals surface area (Å²) in [5.41, 5.74) is 6.54. The molecule has 1 aromatic carbocycles. The summed E-state index contributed by atoms with van der Waals surface area (Å²) < 4.78 is 1.86. The van der Waals surface area contributed by atoms with Crippen LogP contribution < -0.4 is 5.73 Å². The minimum atomic E-state index is 0.459. The molecular formula is C10H10ClN5S. The molecule has 1 heterocycles. The van der Waals surface area contributed by atoms with Gasteiger partial charge in [0.15, 0.2) is 0 Å². The molecule has 3 rings (SSSR count). The molecule has 1 saturated carbocycles. The van der Waals surface area contributed by atoms with Gasteiger partial charge >= 0.3 is 0 Å². The van der Waals surface area contributed by atoms with Gasteiger partial charge < -0.3 is 5.73 Å². The van der Waals surface area contributed by atoms with Crippen LogP contribution in [0.25, 0.3) is 0 Å². The number of hydrogen-bond donors (Lipinski definition) is 1. The van der Waals surface area contributed by atoms with Gasteiger partial charge in [-0.1, -0.05) is 11.6 Å². The second-order valence-corrected chi connectivity index (χ2v) is 5.37. The molecule has 5 nitrogen and oxygen atoms in total. The lowest BCUT2D eigenvalue weighted by molar-refractivity contribution is 0.565. The van der Waals surface area contributed by atoms with E-state index in [0.29, 0.717) is 16.8 Å². The fourth-order valence-corrected chi connectivity index (χ4v) is 2.56. The van der Waals surface area contributed by atoms with E-state index in [2.05, 4.69) is 15.5 Å². The van der Waals surface area contributed by atoms with Crippen molar-refractivity contribution in [3.8, 4) is 0 Å². The molecule has 2 N–H and O–H groups in total. The van der Waals surface area contributed by atoms with Crippen molar-refractivity contribution in [3.05, 3.63) is 23.2 Å². The van der Waals surface area contributed by atoms with Crippen molar-refractivity contribution in [2.75, 3.05) is 5.73 Å². The van der Waals surface area contributed by atoms with Crippen LogP contribution in [0.2, 0.25) is 5.02 Å². The van der Waals surface area contributed by atoms with Crippen molar-refractivity contribution < 1.29 is 0 Å². The molecule has 88 valence electrons. The fourth-order valence-electron chi connectivity index (χ4n) is 1.51. The molecule has 0 unspecified atom stereocenters. The minimum Gasteiger partial charge on any atom is -0.398 e. The molecule has 0 spiro atoms. The van der Waals surface area contributed by atoms with E-state index in [9.17, 15) is 0 Å². The molecule has 2 aromatic rings. The number of nitrogens with two attached hydrogens (primary N) is 1. The number of benzene rings is 1. The summed E-state index contributed by atoms with van der Waals surface area (Å²) in [6.45, 7) is 0. The highest BCUT2D eigenvalue weighted by Gasteiger charge is 2.28. The van der Waals surface area contributed by atoms with Crippen LogP contribution in [-0.4, -0.2) is 20.2 Å². The third kappa shape index (κ3) is 2.23. The van der Waals surface area contributed by atoms with Crippen LogP contribution in [0.4, 0.5) is 5.69 Å². The minimum absolute atomic E-state index is 0.459. The summed E-state index contributed by atoms with van der Waals surface area (Å²) in [6.07, 6.45) is 2.30. The number of rotatable bonds is 3. The van der Waals surface area contributed by atoms with Gasteiger partial charge in [-0.05, 0) is 53.2 Å². The van der Waals surface area contributed by atoms with Crippen molar-refractivity contribution in [3.63, 3.8) is 0 Å². The number of halogens is 1. The zero-order chi connectivity index (χ0) is 11.8. The monoisotopic (exact) mass is 267 g/mol. The Labute approximate surface area is 107 Å². The highest BCUT2D eigenvalue weighted by molar-refractivity contribution is 7.99. The van der Waals surface area contributed by atoms with Gasteiger partial charge in [0, 0.05) is 15.6 Å². The molecule has 1 fully saturated rings. The van der Waals surface area contributed by atoms with Gasteiger partial charge in [0.05, 0.1) is 6.04 Å². The zero-order valence-electron chi connectivity index (χ0n) is 8.88. The lowest BCUT2D eigenvalue weighted by Gasteiger charge is -2.05. The maximum absolute atomic E-state index is 5.90. The van der Waals surface area contributed by atoms with Crippen molar-refractivity contribution in [2.45, 2.75) is 28.9 Å². The first kappa shape index (κ1) is 10.9. The summed E-state index contributed by atoms with van der Waals surface area (Å²) in [4.78, 5) is 0.922. The molecule has 1 aliphatic rings. The first-order valence-corrected chi connectivity index (χ1v) is 6.44. The lowest BCUT2D eigenvalue weighted by atomic mass is 10.3. The van der Waals surface area contributed by atoms with Crippen molar-refractivity contribution in [1.82, 2.24) is 20.2 Å². The van der Waals surface area contributed by atoms with Crippen LogP contribution in [-0.2, 0) is 0 Å². The SMILES string of the molecule is Nc1cc(Cl)ccc1Sc1nnnn1C1CC1. The van der Waals surface area contributed by atoms with Crippen LogP contribution in [0, 0.1) is 0 Å². The van der Waals surface area contributed by atoms with Gasteiger partial charge in [0.25, 0.3) is 0 Å². The van der Waals surface area contributed by atoms with Crippen LogP contribution in [0.3, 0.4) is 0 Å². The second-order valence-electron chi connectivity index (χ2n) is 3.92. The summed E-state index contributed by atoms with van der Waals surface area (Å²) >= 11 is 7.32. The third-order valence-electron chi connectivity index (χ3n) is 2.53. The number of aromatic nitrogens is 4. The molecule has 0 saturated heterocycles. The van der Waals surface area contributed by atoms with Crippen molar-refractivity contribution in [2.24, 2.45) is 0 Å². The van der Waals surface area contributed by atoms with E-state index in [1.165, 1.54) is 11.8 Å². The Hall–Kier alpha value is -1.27. The Morgan fingerprint density at radius 3 is 2.94 bits per heavy atom. The van der Waals surface area contributed by atoms with Crippen LogP contribution in [0.1, 0.15) is 18.9 Å². The van der Waals surface area contributed by atoms with Gasteiger partial charge in [-0.3, -0.25) is 0 Å². The number of hydrogen-bond acceptors (Lipinski definition) is 5. The van der Waals surface area contributed by atoms with Crippen molar-refractivity contribution >= 4 is 29.1 Å². The van der Waals surface area contributed by atoms with Crippen LogP contribution >= 0.6 is 23.4 Å². The normalized spacial score (nSPS) is 15.1. The predicted molar refractivity (Wildman–Crippen MR) is 66.1 cm³/mol. The van der Waals surface area contributed by atoms with Gasteiger partial charge in [0.2, 0.25) is 5.16 Å². The Kier molecular flexibility index (Phi) is 2.68. The van der Waals surface area contributed by atoms with Gasteiger partial charge in [-0.15, -0.1) is 5.10 Å². The van der Waals surface area contributed by atoms with E-state index < -0.39 is 0 Å². The maximum Gasteiger partial charge on any atom is 0.214 e. The highest BCUT2D eigenvalue weighted by atomic mass is 35.5. The molecule has 1 aliphatic carbocycles. The molecule has 1 aromatic heterocycles. The lowest BCUT2D eigenvalue weighted by Crippen LogP contribution is -1.99.